The van der Waals surface area contributed by atoms with Gasteiger partial charge in [0, 0.05) is 19.3 Å². The van der Waals surface area contributed by atoms with Crippen LogP contribution in [0.15, 0.2) is 0 Å². The number of rotatable bonds is 52. The van der Waals surface area contributed by atoms with Gasteiger partial charge in [0.25, 0.3) is 0 Å². The van der Waals surface area contributed by atoms with Crippen molar-refractivity contribution in [3.05, 3.63) is 0 Å². The van der Waals surface area contributed by atoms with Gasteiger partial charge in [-0.05, 0) is 31.1 Å². The molecule has 0 aliphatic heterocycles. The standard InChI is InChI=1S/C58H112O6/c1-6-7-8-9-10-11-12-13-18-22-25-28-33-38-43-48-56(59)62-51-55(52-63-57(60)49-44-39-35-30-32-37-42-47-54(4)5)64-58(61)50-45-40-34-29-26-23-20-17-15-14-16-19-21-24-27-31-36-41-46-53(2)3/h53-55H,6-52H2,1-5H3/t55-/m1/s1. The first kappa shape index (κ1) is 62.4. The van der Waals surface area contributed by atoms with Crippen LogP contribution < -0.4 is 0 Å². The zero-order valence-corrected chi connectivity index (χ0v) is 43.9. The monoisotopic (exact) mass is 905 g/mol. The highest BCUT2D eigenvalue weighted by molar-refractivity contribution is 5.71. The van der Waals surface area contributed by atoms with Crippen LogP contribution in [0, 0.1) is 11.8 Å². The van der Waals surface area contributed by atoms with Gasteiger partial charge >= 0.3 is 17.9 Å². The van der Waals surface area contributed by atoms with E-state index in [1.54, 1.807) is 0 Å². The minimum Gasteiger partial charge on any atom is -0.462 e. The van der Waals surface area contributed by atoms with Gasteiger partial charge in [-0.25, -0.2) is 0 Å². The molecular weight excluding hydrogens is 793 g/mol. The maximum Gasteiger partial charge on any atom is 0.306 e. The van der Waals surface area contributed by atoms with E-state index in [9.17, 15) is 14.4 Å². The number of hydrogen-bond donors (Lipinski definition) is 0. The van der Waals surface area contributed by atoms with E-state index < -0.39 is 6.10 Å². The van der Waals surface area contributed by atoms with Gasteiger partial charge in [0.1, 0.15) is 13.2 Å². The minimum absolute atomic E-state index is 0.0633. The number of carbonyl (C=O) groups excluding carboxylic acids is 3. The average Bonchev–Trinajstić information content (AvgIpc) is 3.27. The molecule has 0 unspecified atom stereocenters. The van der Waals surface area contributed by atoms with Gasteiger partial charge in [0.2, 0.25) is 0 Å². The van der Waals surface area contributed by atoms with E-state index in [-0.39, 0.29) is 31.1 Å². The Morgan fingerprint density at radius 2 is 0.516 bits per heavy atom. The summed E-state index contributed by atoms with van der Waals surface area (Å²) in [5.41, 5.74) is 0. The number of esters is 3. The summed E-state index contributed by atoms with van der Waals surface area (Å²) >= 11 is 0. The maximum atomic E-state index is 12.8. The van der Waals surface area contributed by atoms with Crippen LogP contribution in [0.1, 0.15) is 324 Å². The molecule has 0 aromatic carbocycles. The van der Waals surface area contributed by atoms with Crippen molar-refractivity contribution < 1.29 is 28.6 Å². The molecule has 6 nitrogen and oxygen atoms in total. The van der Waals surface area contributed by atoms with Crippen molar-refractivity contribution in [3.8, 4) is 0 Å². The van der Waals surface area contributed by atoms with Crippen LogP contribution in [0.25, 0.3) is 0 Å². The lowest BCUT2D eigenvalue weighted by atomic mass is 10.0. The lowest BCUT2D eigenvalue weighted by molar-refractivity contribution is -0.167. The van der Waals surface area contributed by atoms with E-state index in [4.69, 9.17) is 14.2 Å². The summed E-state index contributed by atoms with van der Waals surface area (Å²) in [6.07, 6.45) is 53.9. The first-order chi connectivity index (χ1) is 31.2. The minimum atomic E-state index is -0.762. The molecule has 1 atom stereocenters. The Kier molecular flexibility index (Phi) is 49.6. The fourth-order valence-corrected chi connectivity index (χ4v) is 8.87. The van der Waals surface area contributed by atoms with Crippen LogP contribution in [-0.2, 0) is 28.6 Å². The Balaban J connectivity index is 4.22. The number of carbonyl (C=O) groups is 3. The van der Waals surface area contributed by atoms with Gasteiger partial charge in [0.15, 0.2) is 6.10 Å². The molecule has 0 saturated heterocycles. The van der Waals surface area contributed by atoms with Crippen molar-refractivity contribution in [1.82, 2.24) is 0 Å². The summed E-state index contributed by atoms with van der Waals surface area (Å²) in [5.74, 6) is 0.796. The van der Waals surface area contributed by atoms with Crippen molar-refractivity contribution >= 4 is 17.9 Å². The summed E-state index contributed by atoms with van der Waals surface area (Å²) in [5, 5.41) is 0. The molecule has 0 radical (unpaired) electrons. The lowest BCUT2D eigenvalue weighted by Crippen LogP contribution is -2.30. The Morgan fingerprint density at radius 3 is 0.766 bits per heavy atom. The maximum absolute atomic E-state index is 12.8. The SMILES string of the molecule is CCCCCCCCCCCCCCCCCC(=O)OC[C@H](COC(=O)CCCCCCCCCC(C)C)OC(=O)CCCCCCCCCCCCCCCCCCCCC(C)C. The van der Waals surface area contributed by atoms with Gasteiger partial charge < -0.3 is 14.2 Å². The Hall–Kier alpha value is -1.59. The highest BCUT2D eigenvalue weighted by Gasteiger charge is 2.19. The van der Waals surface area contributed by atoms with Gasteiger partial charge in [-0.15, -0.1) is 0 Å². The van der Waals surface area contributed by atoms with E-state index in [2.05, 4.69) is 34.6 Å². The second-order valence-electron chi connectivity index (χ2n) is 20.9. The zero-order valence-electron chi connectivity index (χ0n) is 43.9. The van der Waals surface area contributed by atoms with Crippen molar-refractivity contribution in [1.29, 1.82) is 0 Å². The van der Waals surface area contributed by atoms with Gasteiger partial charge in [-0.3, -0.25) is 14.4 Å². The predicted molar refractivity (Wildman–Crippen MR) is 275 cm³/mol. The first-order valence-electron chi connectivity index (χ1n) is 28.7. The third kappa shape index (κ3) is 51.4. The zero-order chi connectivity index (χ0) is 46.8. The summed E-state index contributed by atoms with van der Waals surface area (Å²) < 4.78 is 16.9. The third-order valence-electron chi connectivity index (χ3n) is 13.2. The fourth-order valence-electron chi connectivity index (χ4n) is 8.87. The van der Waals surface area contributed by atoms with Crippen LogP contribution >= 0.6 is 0 Å². The molecule has 0 aliphatic carbocycles. The molecule has 0 bridgehead atoms. The molecule has 0 fully saturated rings. The molecule has 0 amide bonds. The molecule has 0 rings (SSSR count). The molecule has 0 N–H and O–H groups in total. The van der Waals surface area contributed by atoms with Crippen molar-refractivity contribution in [2.24, 2.45) is 11.8 Å². The molecule has 64 heavy (non-hydrogen) atoms. The molecule has 0 saturated carbocycles. The van der Waals surface area contributed by atoms with Crippen molar-refractivity contribution in [2.75, 3.05) is 13.2 Å². The van der Waals surface area contributed by atoms with Crippen LogP contribution in [-0.4, -0.2) is 37.2 Å². The topological polar surface area (TPSA) is 78.9 Å². The van der Waals surface area contributed by atoms with Crippen molar-refractivity contribution in [2.45, 2.75) is 330 Å². The quantitative estimate of drug-likeness (QED) is 0.0344. The highest BCUT2D eigenvalue weighted by Crippen LogP contribution is 2.18. The Bertz CT molecular complexity index is 978. The molecule has 6 heteroatoms. The predicted octanol–water partition coefficient (Wildman–Crippen LogP) is 18.9. The molecule has 0 aromatic heterocycles. The van der Waals surface area contributed by atoms with Crippen molar-refractivity contribution in [3.63, 3.8) is 0 Å². The molecule has 0 heterocycles. The van der Waals surface area contributed by atoms with Crippen LogP contribution in [0.4, 0.5) is 0 Å². The van der Waals surface area contributed by atoms with E-state index >= 15 is 0 Å². The normalized spacial score (nSPS) is 12.0. The second kappa shape index (κ2) is 50.8. The van der Waals surface area contributed by atoms with Crippen LogP contribution in [0.5, 0.6) is 0 Å². The van der Waals surface area contributed by atoms with Gasteiger partial charge in [0.05, 0.1) is 0 Å². The van der Waals surface area contributed by atoms with Gasteiger partial charge in [-0.2, -0.15) is 0 Å². The van der Waals surface area contributed by atoms with Gasteiger partial charge in [-0.1, -0.05) is 285 Å². The molecule has 380 valence electrons. The first-order valence-corrected chi connectivity index (χ1v) is 28.7. The largest absolute Gasteiger partial charge is 0.462 e. The van der Waals surface area contributed by atoms with E-state index in [1.165, 1.54) is 212 Å². The molecule has 0 aromatic rings. The van der Waals surface area contributed by atoms with E-state index in [0.29, 0.717) is 19.3 Å². The van der Waals surface area contributed by atoms with Crippen LogP contribution in [0.2, 0.25) is 0 Å². The average molecular weight is 906 g/mol. The smallest absolute Gasteiger partial charge is 0.306 e. The summed E-state index contributed by atoms with van der Waals surface area (Å²) in [6.45, 7) is 11.4. The lowest BCUT2D eigenvalue weighted by Gasteiger charge is -2.18. The number of ether oxygens (including phenoxy) is 3. The summed E-state index contributed by atoms with van der Waals surface area (Å²) in [4.78, 5) is 38.0. The number of hydrogen-bond acceptors (Lipinski definition) is 6. The van der Waals surface area contributed by atoms with Crippen LogP contribution in [0.3, 0.4) is 0 Å². The Labute approximate surface area is 399 Å². The number of unbranched alkanes of at least 4 members (excludes halogenated alkanes) is 37. The molecular formula is C58H112O6. The Morgan fingerprint density at radius 1 is 0.297 bits per heavy atom. The fraction of sp³-hybridized carbons (Fsp3) is 0.948. The summed E-state index contributed by atoms with van der Waals surface area (Å²) in [6, 6.07) is 0. The van der Waals surface area contributed by atoms with E-state index in [1.807, 2.05) is 0 Å². The highest BCUT2D eigenvalue weighted by atomic mass is 16.6. The second-order valence-corrected chi connectivity index (χ2v) is 20.9. The molecule has 0 spiro atoms. The third-order valence-corrected chi connectivity index (χ3v) is 13.2. The summed E-state index contributed by atoms with van der Waals surface area (Å²) in [7, 11) is 0. The molecule has 0 aliphatic rings. The van der Waals surface area contributed by atoms with E-state index in [0.717, 1.165) is 69.6 Å².